The van der Waals surface area contributed by atoms with Gasteiger partial charge in [0.2, 0.25) is 0 Å². The lowest BCUT2D eigenvalue weighted by Crippen LogP contribution is -2.00. The molecule has 0 atom stereocenters. The lowest BCUT2D eigenvalue weighted by Gasteiger charge is -1.87. The molecular weight excluding hydrogens is 106 g/mol. The van der Waals surface area contributed by atoms with Crippen molar-refractivity contribution in [1.82, 2.24) is 0 Å². The predicted molar refractivity (Wildman–Crippen MR) is 30.2 cm³/mol. The van der Waals surface area contributed by atoms with Gasteiger partial charge in [0.05, 0.1) is 0 Å². The maximum atomic E-state index is 9.68. The number of carbonyl (C=O) groups is 1. The lowest BCUT2D eigenvalue weighted by molar-refractivity contribution is -0.102. The van der Waals surface area contributed by atoms with Crippen LogP contribution in [0.3, 0.4) is 0 Å². The van der Waals surface area contributed by atoms with Gasteiger partial charge in [-0.1, -0.05) is 0 Å². The van der Waals surface area contributed by atoms with Crippen molar-refractivity contribution >= 4 is 12.0 Å². The van der Waals surface area contributed by atoms with Gasteiger partial charge in [-0.2, -0.15) is 0 Å². The van der Waals surface area contributed by atoms with Gasteiger partial charge in [-0.3, -0.25) is 10.2 Å². The molecule has 8 heavy (non-hydrogen) atoms. The molecule has 0 aromatic heterocycles. The average molecular weight is 113 g/mol. The first-order valence-corrected chi connectivity index (χ1v) is 2.11. The molecule has 0 heterocycles. The second kappa shape index (κ2) is 2.96. The Hall–Kier alpha value is -1.12. The fourth-order valence-corrected chi connectivity index (χ4v) is 0.216. The summed E-state index contributed by atoms with van der Waals surface area (Å²) < 4.78 is 0. The molecule has 0 saturated heterocycles. The zero-order chi connectivity index (χ0) is 6.57. The van der Waals surface area contributed by atoms with Gasteiger partial charge >= 0.3 is 0 Å². The highest BCUT2D eigenvalue weighted by molar-refractivity contribution is 6.33. The van der Waals surface area contributed by atoms with Crippen LogP contribution in [0, 0.1) is 5.41 Å². The van der Waals surface area contributed by atoms with E-state index in [1.54, 1.807) is 6.92 Å². The summed E-state index contributed by atoms with van der Waals surface area (Å²) in [4.78, 5) is 9.68. The monoisotopic (exact) mass is 113 g/mol. The highest BCUT2D eigenvalue weighted by Gasteiger charge is 1.95. The number of hydrogen-bond acceptors (Lipinski definition) is 3. The van der Waals surface area contributed by atoms with E-state index < -0.39 is 0 Å². The molecule has 3 nitrogen and oxygen atoms in total. The molecule has 0 spiro atoms. The van der Waals surface area contributed by atoms with Gasteiger partial charge in [0, 0.05) is 0 Å². The predicted octanol–water partition coefficient (Wildman–Crippen LogP) is 0.667. The minimum absolute atomic E-state index is 0.278. The molecule has 0 unspecified atom stereocenters. The van der Waals surface area contributed by atoms with E-state index >= 15 is 0 Å². The molecule has 3 heteroatoms. The number of rotatable bonds is 2. The van der Waals surface area contributed by atoms with Gasteiger partial charge in [0.25, 0.3) is 0 Å². The minimum atomic E-state index is -0.382. The van der Waals surface area contributed by atoms with Gasteiger partial charge in [0.15, 0.2) is 6.29 Å². The molecule has 2 N–H and O–H groups in total. The van der Waals surface area contributed by atoms with E-state index in [1.165, 1.54) is 6.08 Å². The highest BCUT2D eigenvalue weighted by Crippen LogP contribution is 1.85. The molecule has 0 aliphatic rings. The summed E-state index contributed by atoms with van der Waals surface area (Å²) in [5.74, 6) is -0.278. The van der Waals surface area contributed by atoms with Crippen LogP contribution in [0.4, 0.5) is 0 Å². The summed E-state index contributed by atoms with van der Waals surface area (Å²) in [6, 6.07) is 0. The van der Waals surface area contributed by atoms with Crippen LogP contribution in [0.1, 0.15) is 6.92 Å². The van der Waals surface area contributed by atoms with Gasteiger partial charge < -0.3 is 5.11 Å². The van der Waals surface area contributed by atoms with E-state index in [9.17, 15) is 4.79 Å². The molecule has 0 bridgehead atoms. The Morgan fingerprint density at radius 1 is 1.75 bits per heavy atom. The van der Waals surface area contributed by atoms with Crippen LogP contribution in [-0.4, -0.2) is 17.1 Å². The van der Waals surface area contributed by atoms with Crippen LogP contribution in [0.25, 0.3) is 0 Å². The van der Waals surface area contributed by atoms with E-state index in [0.717, 1.165) is 0 Å². The summed E-state index contributed by atoms with van der Waals surface area (Å²) in [7, 11) is 0. The maximum absolute atomic E-state index is 9.68. The summed E-state index contributed by atoms with van der Waals surface area (Å²) >= 11 is 0. The van der Waals surface area contributed by atoms with Crippen molar-refractivity contribution in [1.29, 1.82) is 5.41 Å². The summed E-state index contributed by atoms with van der Waals surface area (Å²) in [5, 5.41) is 15.2. The third-order valence-electron chi connectivity index (χ3n) is 0.667. The van der Waals surface area contributed by atoms with E-state index in [0.29, 0.717) is 0 Å². The van der Waals surface area contributed by atoms with Crippen LogP contribution < -0.4 is 0 Å². The van der Waals surface area contributed by atoms with Crippen LogP contribution in [-0.2, 0) is 4.79 Å². The second-order valence-electron chi connectivity index (χ2n) is 1.21. The van der Waals surface area contributed by atoms with Gasteiger partial charge in [-0.25, -0.2) is 0 Å². The van der Waals surface area contributed by atoms with Crippen molar-refractivity contribution < 1.29 is 9.90 Å². The summed E-state index contributed by atoms with van der Waals surface area (Å²) in [6.07, 6.45) is 1.58. The van der Waals surface area contributed by atoms with Crippen LogP contribution >= 0.6 is 0 Å². The van der Waals surface area contributed by atoms with Gasteiger partial charge in [-0.05, 0) is 13.0 Å². The van der Waals surface area contributed by atoms with Gasteiger partial charge in [-0.15, -0.1) is 0 Å². The molecule has 0 aromatic rings. The first-order chi connectivity index (χ1) is 3.72. The van der Waals surface area contributed by atoms with Crippen molar-refractivity contribution in [3.05, 3.63) is 11.8 Å². The van der Waals surface area contributed by atoms with Crippen molar-refractivity contribution in [2.45, 2.75) is 6.92 Å². The normalized spacial score (nSPS) is 10.9. The Morgan fingerprint density at radius 2 is 2.25 bits per heavy atom. The SMILES string of the molecule is CC=C(O)C(=N)C=O. The topological polar surface area (TPSA) is 61.1 Å². The first kappa shape index (κ1) is 6.88. The minimum Gasteiger partial charge on any atom is -0.506 e. The molecule has 0 radical (unpaired) electrons. The van der Waals surface area contributed by atoms with Crippen LogP contribution in [0.2, 0.25) is 0 Å². The van der Waals surface area contributed by atoms with Crippen molar-refractivity contribution in [3.8, 4) is 0 Å². The Labute approximate surface area is 47.2 Å². The van der Waals surface area contributed by atoms with E-state index in [2.05, 4.69) is 0 Å². The number of allylic oxidation sites excluding steroid dienone is 2. The standard InChI is InChI=1S/C5H7NO2/c1-2-5(8)4(6)3-7/h2-3,6,8H,1H3. The van der Waals surface area contributed by atoms with Crippen LogP contribution in [0.5, 0.6) is 0 Å². The molecular formula is C5H7NO2. The second-order valence-corrected chi connectivity index (χ2v) is 1.21. The number of hydrogen-bond donors (Lipinski definition) is 2. The zero-order valence-electron chi connectivity index (χ0n) is 4.51. The van der Waals surface area contributed by atoms with E-state index in [1.807, 2.05) is 0 Å². The smallest absolute Gasteiger partial charge is 0.171 e. The lowest BCUT2D eigenvalue weighted by atomic mass is 10.3. The molecule has 0 saturated carbocycles. The largest absolute Gasteiger partial charge is 0.506 e. The van der Waals surface area contributed by atoms with E-state index in [4.69, 9.17) is 10.5 Å². The van der Waals surface area contributed by atoms with E-state index in [-0.39, 0.29) is 17.8 Å². The van der Waals surface area contributed by atoms with Crippen molar-refractivity contribution in [2.24, 2.45) is 0 Å². The Bertz CT molecular complexity index is 137. The Kier molecular flexibility index (Phi) is 2.54. The van der Waals surface area contributed by atoms with Crippen molar-refractivity contribution in [2.75, 3.05) is 0 Å². The fraction of sp³-hybridized carbons (Fsp3) is 0.200. The van der Waals surface area contributed by atoms with Gasteiger partial charge in [0.1, 0.15) is 11.5 Å². The maximum Gasteiger partial charge on any atom is 0.171 e. The number of aliphatic hydroxyl groups is 1. The number of nitrogens with one attached hydrogen (secondary N) is 1. The molecule has 0 aromatic carbocycles. The molecule has 44 valence electrons. The third-order valence-corrected chi connectivity index (χ3v) is 0.667. The fourth-order valence-electron chi connectivity index (χ4n) is 0.216. The quantitative estimate of drug-likeness (QED) is 0.314. The number of aldehydes is 1. The molecule has 0 fully saturated rings. The molecule has 0 rings (SSSR count). The third kappa shape index (κ3) is 1.55. The van der Waals surface area contributed by atoms with Crippen LogP contribution in [0.15, 0.2) is 11.8 Å². The molecule has 0 amide bonds. The first-order valence-electron chi connectivity index (χ1n) is 2.11. The molecule has 0 aliphatic carbocycles. The highest BCUT2D eigenvalue weighted by atomic mass is 16.3. The summed E-state index contributed by atoms with van der Waals surface area (Å²) in [6.45, 7) is 1.55. The van der Waals surface area contributed by atoms with Crippen molar-refractivity contribution in [3.63, 3.8) is 0 Å². The number of carbonyl (C=O) groups excluding carboxylic acids is 1. The Morgan fingerprint density at radius 3 is 2.38 bits per heavy atom. The summed E-state index contributed by atoms with van der Waals surface area (Å²) in [5.41, 5.74) is -0.382. The Balaban J connectivity index is 4.03. The number of aliphatic hydroxyl groups excluding tert-OH is 1. The zero-order valence-corrected chi connectivity index (χ0v) is 4.51. The molecule has 0 aliphatic heterocycles. The average Bonchev–Trinajstić information content (AvgIpc) is 1.84.